The molecular formula is C17H22N2O3S. The molecule has 0 radical (unpaired) electrons. The Kier molecular flexibility index (Phi) is 4.77. The predicted octanol–water partition coefficient (Wildman–Crippen LogP) is 4.21. The fourth-order valence-electron chi connectivity index (χ4n) is 2.71. The van der Waals surface area contributed by atoms with Crippen LogP contribution < -0.4 is 14.4 Å². The van der Waals surface area contributed by atoms with Gasteiger partial charge in [-0.25, -0.2) is 4.31 Å². The van der Waals surface area contributed by atoms with Crippen molar-refractivity contribution in [2.45, 2.75) is 18.3 Å². The zero-order valence-corrected chi connectivity index (χ0v) is 13.9. The molecule has 3 N–H and O–H groups in total. The summed E-state index contributed by atoms with van der Waals surface area (Å²) in [5, 5.41) is 3.07. The molecule has 1 aliphatic heterocycles. The van der Waals surface area contributed by atoms with Crippen LogP contribution >= 0.6 is 10.8 Å². The molecule has 2 aromatic rings. The molecule has 0 spiro atoms. The number of ether oxygens (including phenoxy) is 1. The van der Waals surface area contributed by atoms with E-state index in [4.69, 9.17) is 4.74 Å². The van der Waals surface area contributed by atoms with Crippen molar-refractivity contribution in [2.75, 3.05) is 17.9 Å². The van der Waals surface area contributed by atoms with Gasteiger partial charge in [-0.05, 0) is 44.3 Å². The minimum Gasteiger partial charge on any atom is -0.467 e. The van der Waals surface area contributed by atoms with Crippen LogP contribution in [0.25, 0.3) is 0 Å². The molecule has 0 aliphatic carbocycles. The van der Waals surface area contributed by atoms with Gasteiger partial charge in [-0.2, -0.15) is 0 Å². The molecule has 0 amide bonds. The molecule has 0 saturated carbocycles. The van der Waals surface area contributed by atoms with Crippen LogP contribution in [0.5, 0.6) is 5.75 Å². The molecular weight excluding hydrogens is 312 g/mol. The number of para-hydroxylation sites is 3. The van der Waals surface area contributed by atoms with E-state index in [0.29, 0.717) is 17.9 Å². The first kappa shape index (κ1) is 16.1. The van der Waals surface area contributed by atoms with Crippen LogP contribution in [-0.4, -0.2) is 28.1 Å². The smallest absolute Gasteiger partial charge is 0.206 e. The summed E-state index contributed by atoms with van der Waals surface area (Å²) >= 11 is 0. The summed E-state index contributed by atoms with van der Waals surface area (Å²) in [5.41, 5.74) is 0.788. The van der Waals surface area contributed by atoms with E-state index in [1.165, 1.54) is 0 Å². The minimum atomic E-state index is -3.13. The van der Waals surface area contributed by atoms with Gasteiger partial charge in [0.15, 0.2) is 0 Å². The van der Waals surface area contributed by atoms with Gasteiger partial charge in [-0.15, -0.1) is 0 Å². The molecule has 0 aromatic heterocycles. The van der Waals surface area contributed by atoms with Crippen LogP contribution in [0.3, 0.4) is 0 Å². The lowest BCUT2D eigenvalue weighted by molar-refractivity contribution is 0.235. The zero-order valence-electron chi connectivity index (χ0n) is 13.1. The second kappa shape index (κ2) is 6.80. The van der Waals surface area contributed by atoms with Gasteiger partial charge in [0.1, 0.15) is 11.4 Å². The van der Waals surface area contributed by atoms with Gasteiger partial charge in [-0.1, -0.05) is 41.1 Å². The van der Waals surface area contributed by atoms with Crippen molar-refractivity contribution in [3.63, 3.8) is 0 Å². The Morgan fingerprint density at radius 1 is 1.09 bits per heavy atom. The second-order valence-electron chi connectivity index (χ2n) is 5.45. The molecule has 1 heterocycles. The first-order chi connectivity index (χ1) is 11.1. The fourth-order valence-corrected chi connectivity index (χ4v) is 4.54. The van der Waals surface area contributed by atoms with Gasteiger partial charge >= 0.3 is 0 Å². The lowest BCUT2D eigenvalue weighted by Crippen LogP contribution is -2.39. The van der Waals surface area contributed by atoms with Crippen molar-refractivity contribution in [2.24, 2.45) is 0 Å². The Morgan fingerprint density at radius 3 is 2.52 bits per heavy atom. The highest BCUT2D eigenvalue weighted by atomic mass is 32.3. The third-order valence-electron chi connectivity index (χ3n) is 3.82. The van der Waals surface area contributed by atoms with Gasteiger partial charge < -0.3 is 10.1 Å². The monoisotopic (exact) mass is 334 g/mol. The lowest BCUT2D eigenvalue weighted by Gasteiger charge is -2.51. The highest BCUT2D eigenvalue weighted by molar-refractivity contribution is 8.26. The van der Waals surface area contributed by atoms with E-state index in [0.717, 1.165) is 18.7 Å². The number of anilines is 2. The summed E-state index contributed by atoms with van der Waals surface area (Å²) in [6.45, 7) is 0.808. The Morgan fingerprint density at radius 2 is 1.78 bits per heavy atom. The summed E-state index contributed by atoms with van der Waals surface area (Å²) in [6.07, 6.45) is 1.38. The summed E-state index contributed by atoms with van der Waals surface area (Å²) in [4.78, 5) is 0. The number of hydrogen-bond acceptors (Lipinski definition) is 5. The first-order valence-corrected chi connectivity index (χ1v) is 9.24. The Bertz CT molecular complexity index is 651. The van der Waals surface area contributed by atoms with Gasteiger partial charge in [0.05, 0.1) is 5.69 Å². The molecule has 1 aliphatic rings. The summed E-state index contributed by atoms with van der Waals surface area (Å²) in [5.74, 6) is 0.678. The molecule has 124 valence electrons. The van der Waals surface area contributed by atoms with E-state index in [-0.39, 0.29) is 0 Å². The van der Waals surface area contributed by atoms with Crippen LogP contribution in [0.2, 0.25) is 0 Å². The molecule has 3 rings (SSSR count). The molecule has 0 fully saturated rings. The highest BCUT2D eigenvalue weighted by Gasteiger charge is 2.40. The van der Waals surface area contributed by atoms with Crippen LogP contribution in [0.1, 0.15) is 12.8 Å². The third-order valence-corrected chi connectivity index (χ3v) is 5.80. The number of rotatable bonds is 5. The maximum atomic E-state index is 10.9. The quantitative estimate of drug-likeness (QED) is 0.715. The summed E-state index contributed by atoms with van der Waals surface area (Å²) in [6, 6.07) is 16.9. The van der Waals surface area contributed by atoms with E-state index in [9.17, 15) is 9.11 Å². The van der Waals surface area contributed by atoms with Crippen molar-refractivity contribution in [3.8, 4) is 5.75 Å². The SMILES string of the molecule is CNCCC[C@@H]1Oc2ccccc2N(c2ccccc2)S1(O)O. The van der Waals surface area contributed by atoms with Gasteiger partial charge in [-0.3, -0.25) is 9.11 Å². The number of nitrogens with one attached hydrogen (secondary N) is 1. The van der Waals surface area contributed by atoms with Crippen molar-refractivity contribution >= 4 is 22.2 Å². The second-order valence-corrected chi connectivity index (χ2v) is 7.47. The summed E-state index contributed by atoms with van der Waals surface area (Å²) < 4.78 is 29.4. The van der Waals surface area contributed by atoms with Crippen molar-refractivity contribution in [1.29, 1.82) is 0 Å². The van der Waals surface area contributed by atoms with E-state index < -0.39 is 16.2 Å². The normalized spacial score (nSPS) is 20.5. The number of benzene rings is 2. The van der Waals surface area contributed by atoms with Crippen molar-refractivity contribution in [3.05, 3.63) is 54.6 Å². The van der Waals surface area contributed by atoms with E-state index in [1.54, 1.807) is 4.31 Å². The third kappa shape index (κ3) is 3.16. The van der Waals surface area contributed by atoms with Crippen LogP contribution in [0.4, 0.5) is 11.4 Å². The average Bonchev–Trinajstić information content (AvgIpc) is 2.56. The predicted molar refractivity (Wildman–Crippen MR) is 95.4 cm³/mol. The van der Waals surface area contributed by atoms with Gasteiger partial charge in [0.2, 0.25) is 5.44 Å². The Balaban J connectivity index is 2.00. The number of hydrogen-bond donors (Lipinski definition) is 3. The standard InChI is InChI=1S/C17H22N2O3S/c1-18-13-7-12-17-22-16-11-6-5-10-15(16)19(23(17,20)21)14-8-3-2-4-9-14/h2-6,8-11,17-18,20-21H,7,12-13H2,1H3/t17-/m1/s1. The van der Waals surface area contributed by atoms with E-state index in [1.807, 2.05) is 61.6 Å². The van der Waals surface area contributed by atoms with Crippen LogP contribution in [-0.2, 0) is 0 Å². The largest absolute Gasteiger partial charge is 0.467 e. The van der Waals surface area contributed by atoms with Gasteiger partial charge in [0.25, 0.3) is 0 Å². The Hall–Kier alpha value is -1.73. The molecule has 23 heavy (non-hydrogen) atoms. The molecule has 1 atom stereocenters. The molecule has 2 aromatic carbocycles. The summed E-state index contributed by atoms with van der Waals surface area (Å²) in [7, 11) is -1.25. The highest BCUT2D eigenvalue weighted by Crippen LogP contribution is 2.61. The molecule has 0 unspecified atom stereocenters. The molecule has 5 nitrogen and oxygen atoms in total. The number of nitrogens with zero attached hydrogens (tertiary/aromatic N) is 1. The van der Waals surface area contributed by atoms with Crippen LogP contribution in [0, 0.1) is 0 Å². The van der Waals surface area contributed by atoms with Crippen LogP contribution in [0.15, 0.2) is 54.6 Å². The average molecular weight is 334 g/mol. The first-order valence-electron chi connectivity index (χ1n) is 7.67. The van der Waals surface area contributed by atoms with E-state index >= 15 is 0 Å². The van der Waals surface area contributed by atoms with Crippen molar-refractivity contribution < 1.29 is 13.8 Å². The van der Waals surface area contributed by atoms with Gasteiger partial charge in [0, 0.05) is 6.42 Å². The fraction of sp³-hybridized carbons (Fsp3) is 0.294. The molecule has 6 heteroatoms. The molecule has 0 saturated heterocycles. The Labute approximate surface area is 138 Å². The molecule has 0 bridgehead atoms. The topological polar surface area (TPSA) is 65.0 Å². The minimum absolute atomic E-state index is 0.570. The number of fused-ring (bicyclic) bond motifs is 1. The maximum Gasteiger partial charge on any atom is 0.206 e. The maximum absolute atomic E-state index is 10.9. The van der Waals surface area contributed by atoms with Crippen molar-refractivity contribution in [1.82, 2.24) is 5.32 Å². The van der Waals surface area contributed by atoms with E-state index in [2.05, 4.69) is 5.32 Å². The lowest BCUT2D eigenvalue weighted by atomic mass is 10.2. The zero-order chi connectivity index (χ0) is 16.3.